The maximum atomic E-state index is 6.08. The van der Waals surface area contributed by atoms with E-state index in [1.165, 1.54) is 0 Å². The average molecular weight is 298 g/mol. The van der Waals surface area contributed by atoms with Crippen molar-refractivity contribution in [2.45, 2.75) is 52.4 Å². The summed E-state index contributed by atoms with van der Waals surface area (Å²) < 4.78 is 14.2. The van der Waals surface area contributed by atoms with Crippen LogP contribution in [0, 0.1) is 0 Å². The maximum Gasteiger partial charge on any atom is 0.494 e. The summed E-state index contributed by atoms with van der Waals surface area (Å²) in [5, 5.41) is 0. The first-order valence-corrected chi connectivity index (χ1v) is 7.80. The van der Waals surface area contributed by atoms with Gasteiger partial charge in [-0.15, -0.1) is 0 Å². The van der Waals surface area contributed by atoms with Crippen LogP contribution in [0.5, 0.6) is 0 Å². The van der Waals surface area contributed by atoms with E-state index in [-0.39, 0.29) is 18.3 Å². The Bertz CT molecular complexity index is 646. The van der Waals surface area contributed by atoms with Crippen molar-refractivity contribution < 1.29 is 9.31 Å². The molecule has 22 heavy (non-hydrogen) atoms. The van der Waals surface area contributed by atoms with E-state index in [9.17, 15) is 0 Å². The Morgan fingerprint density at radius 3 is 2.14 bits per heavy atom. The van der Waals surface area contributed by atoms with Gasteiger partial charge < -0.3 is 13.9 Å². The first kappa shape index (κ1) is 15.3. The molecule has 0 bridgehead atoms. The lowest BCUT2D eigenvalue weighted by molar-refractivity contribution is 0.00578. The molecule has 5 heteroatoms. The molecule has 1 aliphatic heterocycles. The Morgan fingerprint density at radius 2 is 1.64 bits per heavy atom. The van der Waals surface area contributed by atoms with Gasteiger partial charge in [0.05, 0.1) is 23.2 Å². The van der Waals surface area contributed by atoms with Crippen molar-refractivity contribution in [2.24, 2.45) is 0 Å². The Balaban J connectivity index is 1.81. The second kappa shape index (κ2) is 5.25. The number of hydrogen-bond donors (Lipinski definition) is 0. The van der Waals surface area contributed by atoms with E-state index < -0.39 is 0 Å². The minimum Gasteiger partial charge on any atom is -0.399 e. The van der Waals surface area contributed by atoms with E-state index in [2.05, 4.69) is 74.6 Å². The molecular weight excluding hydrogens is 275 g/mol. The Hall–Kier alpha value is -1.59. The first-order valence-electron chi connectivity index (χ1n) is 7.80. The van der Waals surface area contributed by atoms with Gasteiger partial charge in [-0.05, 0) is 40.1 Å². The molecule has 0 spiro atoms. The third-order valence-corrected chi connectivity index (χ3v) is 4.73. The van der Waals surface area contributed by atoms with Gasteiger partial charge in [0.25, 0.3) is 0 Å². The summed E-state index contributed by atoms with van der Waals surface area (Å²) in [5.41, 5.74) is 2.51. The van der Waals surface area contributed by atoms with Crippen LogP contribution >= 0.6 is 0 Å². The number of benzene rings is 1. The lowest BCUT2D eigenvalue weighted by Gasteiger charge is -2.32. The van der Waals surface area contributed by atoms with Gasteiger partial charge in [0, 0.05) is 18.3 Å². The SMILES string of the molecule is CCn1cnc(-c2ccc(B3OC(C)(C)C(C)(C)O3)cc2)c1. The minimum atomic E-state index is -0.313. The molecule has 4 nitrogen and oxygen atoms in total. The number of aromatic nitrogens is 2. The molecule has 2 heterocycles. The lowest BCUT2D eigenvalue weighted by atomic mass is 9.79. The summed E-state index contributed by atoms with van der Waals surface area (Å²) in [6.07, 6.45) is 3.92. The molecule has 1 aromatic heterocycles. The summed E-state index contributed by atoms with van der Waals surface area (Å²) in [7, 11) is -0.313. The monoisotopic (exact) mass is 298 g/mol. The summed E-state index contributed by atoms with van der Waals surface area (Å²) in [6.45, 7) is 11.3. The molecule has 1 aliphatic rings. The molecule has 0 unspecified atom stereocenters. The van der Waals surface area contributed by atoms with Crippen LogP contribution in [0.4, 0.5) is 0 Å². The molecule has 1 saturated heterocycles. The van der Waals surface area contributed by atoms with Crippen molar-refractivity contribution in [1.82, 2.24) is 9.55 Å². The zero-order valence-corrected chi connectivity index (χ0v) is 14.0. The zero-order valence-electron chi connectivity index (χ0n) is 14.0. The molecule has 3 rings (SSSR count). The number of nitrogens with zero attached hydrogens (tertiary/aromatic N) is 2. The highest BCUT2D eigenvalue weighted by atomic mass is 16.7. The average Bonchev–Trinajstić information content (AvgIpc) is 3.02. The van der Waals surface area contributed by atoms with Crippen molar-refractivity contribution in [3.05, 3.63) is 36.8 Å². The number of hydrogen-bond acceptors (Lipinski definition) is 3. The quantitative estimate of drug-likeness (QED) is 0.818. The standard InChI is InChI=1S/C17H23BN2O2/c1-6-20-11-15(19-12-20)13-7-9-14(10-8-13)18-21-16(2,3)17(4,5)22-18/h7-12H,6H2,1-5H3. The largest absolute Gasteiger partial charge is 0.494 e. The first-order chi connectivity index (χ1) is 10.3. The van der Waals surface area contributed by atoms with Crippen LogP contribution < -0.4 is 5.46 Å². The fourth-order valence-corrected chi connectivity index (χ4v) is 2.47. The van der Waals surface area contributed by atoms with Crippen LogP contribution in [0.2, 0.25) is 0 Å². The van der Waals surface area contributed by atoms with Crippen LogP contribution in [0.25, 0.3) is 11.3 Å². The molecule has 0 aliphatic carbocycles. The number of imidazole rings is 1. The zero-order chi connectivity index (χ0) is 16.0. The molecule has 1 aromatic carbocycles. The van der Waals surface area contributed by atoms with Crippen molar-refractivity contribution in [3.63, 3.8) is 0 Å². The maximum absolute atomic E-state index is 6.08. The smallest absolute Gasteiger partial charge is 0.399 e. The van der Waals surface area contributed by atoms with Crippen LogP contribution in [0.3, 0.4) is 0 Å². The molecule has 0 saturated carbocycles. The van der Waals surface area contributed by atoms with E-state index in [1.807, 2.05) is 6.33 Å². The predicted molar refractivity (Wildman–Crippen MR) is 89.1 cm³/mol. The molecule has 0 radical (unpaired) electrons. The highest BCUT2D eigenvalue weighted by molar-refractivity contribution is 6.62. The van der Waals surface area contributed by atoms with E-state index in [4.69, 9.17) is 9.31 Å². The fraction of sp³-hybridized carbons (Fsp3) is 0.471. The second-order valence-corrected chi connectivity index (χ2v) is 6.80. The molecule has 0 N–H and O–H groups in total. The summed E-state index contributed by atoms with van der Waals surface area (Å²) in [6, 6.07) is 8.26. The van der Waals surface area contributed by atoms with Gasteiger partial charge in [0.15, 0.2) is 0 Å². The molecule has 0 amide bonds. The van der Waals surface area contributed by atoms with Gasteiger partial charge in [0.1, 0.15) is 0 Å². The van der Waals surface area contributed by atoms with Crippen LogP contribution in [-0.2, 0) is 15.9 Å². The van der Waals surface area contributed by atoms with Crippen LogP contribution in [-0.4, -0.2) is 27.9 Å². The van der Waals surface area contributed by atoms with Crippen LogP contribution in [0.1, 0.15) is 34.6 Å². The van der Waals surface area contributed by atoms with Crippen molar-refractivity contribution in [1.29, 1.82) is 0 Å². The van der Waals surface area contributed by atoms with E-state index in [0.29, 0.717) is 0 Å². The number of rotatable bonds is 3. The van der Waals surface area contributed by atoms with Crippen molar-refractivity contribution >= 4 is 12.6 Å². The molecule has 116 valence electrons. The summed E-state index contributed by atoms with van der Waals surface area (Å²) in [4.78, 5) is 4.43. The highest BCUT2D eigenvalue weighted by Gasteiger charge is 2.51. The Kier molecular flexibility index (Phi) is 3.65. The normalized spacial score (nSPS) is 19.6. The van der Waals surface area contributed by atoms with Gasteiger partial charge in [-0.3, -0.25) is 0 Å². The second-order valence-electron chi connectivity index (χ2n) is 6.80. The molecule has 0 atom stereocenters. The van der Waals surface area contributed by atoms with E-state index in [1.54, 1.807) is 0 Å². The van der Waals surface area contributed by atoms with Gasteiger partial charge >= 0.3 is 7.12 Å². The fourth-order valence-electron chi connectivity index (χ4n) is 2.47. The van der Waals surface area contributed by atoms with Crippen LogP contribution in [0.15, 0.2) is 36.8 Å². The molecular formula is C17H23BN2O2. The summed E-state index contributed by atoms with van der Waals surface area (Å²) in [5.74, 6) is 0. The molecule has 2 aromatic rings. The van der Waals surface area contributed by atoms with Gasteiger partial charge in [-0.2, -0.15) is 0 Å². The van der Waals surface area contributed by atoms with Crippen molar-refractivity contribution in [2.75, 3.05) is 0 Å². The van der Waals surface area contributed by atoms with Gasteiger partial charge in [-0.1, -0.05) is 24.3 Å². The molecule has 1 fully saturated rings. The third-order valence-electron chi connectivity index (χ3n) is 4.73. The minimum absolute atomic E-state index is 0.309. The predicted octanol–water partition coefficient (Wildman–Crippen LogP) is 2.87. The van der Waals surface area contributed by atoms with Crippen molar-refractivity contribution in [3.8, 4) is 11.3 Å². The topological polar surface area (TPSA) is 36.3 Å². The van der Waals surface area contributed by atoms with E-state index in [0.717, 1.165) is 23.3 Å². The summed E-state index contributed by atoms with van der Waals surface area (Å²) >= 11 is 0. The third kappa shape index (κ3) is 2.59. The highest BCUT2D eigenvalue weighted by Crippen LogP contribution is 2.36. The lowest BCUT2D eigenvalue weighted by Crippen LogP contribution is -2.41. The Morgan fingerprint density at radius 1 is 1.05 bits per heavy atom. The van der Waals surface area contributed by atoms with Gasteiger partial charge in [0.2, 0.25) is 0 Å². The van der Waals surface area contributed by atoms with E-state index >= 15 is 0 Å². The van der Waals surface area contributed by atoms with Gasteiger partial charge in [-0.25, -0.2) is 4.98 Å². The Labute approximate surface area is 132 Å². The number of aryl methyl sites for hydroxylation is 1.